The Morgan fingerprint density at radius 3 is 2.09 bits per heavy atom. The predicted octanol–water partition coefficient (Wildman–Crippen LogP) is 4.37. The summed E-state index contributed by atoms with van der Waals surface area (Å²) in [7, 11) is 1.99. The molecule has 2 atom stereocenters. The summed E-state index contributed by atoms with van der Waals surface area (Å²) in [5, 5.41) is 3.28. The molecule has 0 heterocycles. The zero-order valence-electron chi connectivity index (χ0n) is 14.2. The van der Waals surface area contributed by atoms with Crippen molar-refractivity contribution >= 4 is 13.1 Å². The van der Waals surface area contributed by atoms with E-state index in [0.717, 1.165) is 32.1 Å². The van der Waals surface area contributed by atoms with Crippen LogP contribution in [0.1, 0.15) is 89.9 Å². The van der Waals surface area contributed by atoms with E-state index >= 15 is 0 Å². The van der Waals surface area contributed by atoms with Crippen LogP contribution in [0, 0.1) is 0 Å². The summed E-state index contributed by atoms with van der Waals surface area (Å²) in [4.78, 5) is 12.3. The minimum atomic E-state index is 0.180. The van der Waals surface area contributed by atoms with Gasteiger partial charge >= 0.3 is 0 Å². The maximum Gasteiger partial charge on any atom is 0.236 e. The summed E-state index contributed by atoms with van der Waals surface area (Å²) < 4.78 is 0. The van der Waals surface area contributed by atoms with Crippen molar-refractivity contribution in [2.75, 3.05) is 0 Å². The van der Waals surface area contributed by atoms with Gasteiger partial charge in [0.15, 0.2) is 5.81 Å². The Balaban J connectivity index is 1.72. The molecule has 4 heteroatoms. The highest BCUT2D eigenvalue weighted by Gasteiger charge is 2.20. The molecule has 1 amide bonds. The van der Waals surface area contributed by atoms with Gasteiger partial charge in [0.1, 0.15) is 0 Å². The van der Waals surface area contributed by atoms with Crippen molar-refractivity contribution in [1.82, 2.24) is 5.32 Å². The molecule has 3 nitrogen and oxygen atoms in total. The van der Waals surface area contributed by atoms with E-state index in [9.17, 15) is 4.79 Å². The van der Waals surface area contributed by atoms with Crippen LogP contribution in [-0.4, -0.2) is 25.2 Å². The summed E-state index contributed by atoms with van der Waals surface area (Å²) >= 11 is 0. The number of rotatable bonds is 3. The normalized spacial score (nSPS) is 29.3. The van der Waals surface area contributed by atoms with Crippen LogP contribution in [0.3, 0.4) is 0 Å². The van der Waals surface area contributed by atoms with E-state index in [-0.39, 0.29) is 5.81 Å². The topological polar surface area (TPSA) is 55.1 Å². The highest BCUT2D eigenvalue weighted by Crippen LogP contribution is 2.26. The van der Waals surface area contributed by atoms with Crippen LogP contribution in [0.5, 0.6) is 0 Å². The third-order valence-corrected chi connectivity index (χ3v) is 5.39. The first kappa shape index (κ1) is 17.8. The first-order chi connectivity index (χ1) is 10.7. The van der Waals surface area contributed by atoms with Crippen molar-refractivity contribution in [1.29, 1.82) is 0 Å². The lowest BCUT2D eigenvalue weighted by atomic mass is 9.59. The maximum atomic E-state index is 12.3. The lowest BCUT2D eigenvalue weighted by Gasteiger charge is -2.21. The van der Waals surface area contributed by atoms with Crippen LogP contribution < -0.4 is 11.1 Å². The molecule has 0 spiro atoms. The lowest BCUT2D eigenvalue weighted by Crippen LogP contribution is -2.38. The molecular weight excluding hydrogens is 271 g/mol. The highest BCUT2D eigenvalue weighted by molar-refractivity contribution is 6.74. The summed E-state index contributed by atoms with van der Waals surface area (Å²) in [6.45, 7) is 0. The molecule has 22 heavy (non-hydrogen) atoms. The molecule has 2 fully saturated rings. The van der Waals surface area contributed by atoms with Gasteiger partial charge in [0.05, 0.1) is 0 Å². The Labute approximate surface area is 137 Å². The third kappa shape index (κ3) is 7.17. The largest absolute Gasteiger partial charge is 0.363 e. The van der Waals surface area contributed by atoms with Crippen LogP contribution in [0.2, 0.25) is 5.82 Å². The van der Waals surface area contributed by atoms with E-state index in [4.69, 9.17) is 5.73 Å². The van der Waals surface area contributed by atoms with Crippen molar-refractivity contribution in [2.45, 2.75) is 108 Å². The van der Waals surface area contributed by atoms with Gasteiger partial charge in [0.2, 0.25) is 7.28 Å². The fraction of sp³-hybridized carbons (Fsp3) is 0.944. The van der Waals surface area contributed by atoms with E-state index in [1.165, 1.54) is 57.8 Å². The average Bonchev–Trinajstić information content (AvgIpc) is 2.54. The molecule has 0 aromatic rings. The Morgan fingerprint density at radius 1 is 0.773 bits per heavy atom. The first-order valence-corrected chi connectivity index (χ1v) is 9.65. The zero-order chi connectivity index (χ0) is 15.6. The third-order valence-electron chi connectivity index (χ3n) is 5.39. The number of carbonyl (C=O) groups is 1. The predicted molar refractivity (Wildman–Crippen MR) is 94.4 cm³/mol. The standard InChI is InChI=1S/C18H34BN2O/c20-16-11-6-7-13-17(14-8-12-16)21-18(22)19-15-9-4-2-1-3-5-10-15/h15-17H,1-14,20H2,(H,21,22). The van der Waals surface area contributed by atoms with Gasteiger partial charge in [-0.2, -0.15) is 0 Å². The van der Waals surface area contributed by atoms with Gasteiger partial charge in [-0.25, -0.2) is 0 Å². The second-order valence-corrected chi connectivity index (χ2v) is 7.45. The summed E-state index contributed by atoms with van der Waals surface area (Å²) in [6.07, 6.45) is 17.1. The fourth-order valence-corrected chi connectivity index (χ4v) is 3.97. The van der Waals surface area contributed by atoms with Gasteiger partial charge in [-0.05, 0) is 32.1 Å². The monoisotopic (exact) mass is 305 g/mol. The molecule has 2 unspecified atom stereocenters. The molecule has 0 aliphatic heterocycles. The van der Waals surface area contributed by atoms with Crippen molar-refractivity contribution < 1.29 is 4.79 Å². The molecular formula is C18H34BN2O. The zero-order valence-corrected chi connectivity index (χ0v) is 14.2. The average molecular weight is 305 g/mol. The van der Waals surface area contributed by atoms with Gasteiger partial charge in [-0.15, -0.1) is 0 Å². The van der Waals surface area contributed by atoms with Gasteiger partial charge in [0.25, 0.3) is 0 Å². The Hall–Kier alpha value is -0.505. The minimum absolute atomic E-state index is 0.180. The number of amides is 1. The van der Waals surface area contributed by atoms with Crippen LogP contribution in [-0.2, 0) is 0 Å². The van der Waals surface area contributed by atoms with E-state index < -0.39 is 0 Å². The highest BCUT2D eigenvalue weighted by atomic mass is 16.1. The quantitative estimate of drug-likeness (QED) is 0.761. The Bertz CT molecular complexity index is 316. The van der Waals surface area contributed by atoms with Crippen molar-refractivity contribution in [3.8, 4) is 0 Å². The van der Waals surface area contributed by atoms with Crippen LogP contribution in [0.15, 0.2) is 0 Å². The number of hydrogen-bond donors (Lipinski definition) is 2. The molecule has 0 saturated heterocycles. The van der Waals surface area contributed by atoms with E-state index in [1.54, 1.807) is 0 Å². The fourth-order valence-electron chi connectivity index (χ4n) is 3.97. The molecule has 2 saturated carbocycles. The van der Waals surface area contributed by atoms with Gasteiger partial charge in [-0.1, -0.05) is 63.6 Å². The van der Waals surface area contributed by atoms with Crippen LogP contribution in [0.4, 0.5) is 4.79 Å². The number of nitrogens with one attached hydrogen (secondary N) is 1. The first-order valence-electron chi connectivity index (χ1n) is 9.65. The lowest BCUT2D eigenvalue weighted by molar-refractivity contribution is 0.253. The molecule has 2 rings (SSSR count). The second-order valence-electron chi connectivity index (χ2n) is 7.45. The summed E-state index contributed by atoms with van der Waals surface area (Å²) in [5.41, 5.74) is 6.08. The molecule has 0 aromatic heterocycles. The maximum absolute atomic E-state index is 12.3. The molecule has 3 N–H and O–H groups in total. The Morgan fingerprint density at radius 2 is 1.32 bits per heavy atom. The smallest absolute Gasteiger partial charge is 0.236 e. The molecule has 2 aliphatic carbocycles. The van der Waals surface area contributed by atoms with Gasteiger partial charge < -0.3 is 11.1 Å². The van der Waals surface area contributed by atoms with E-state index in [0.29, 0.717) is 17.9 Å². The van der Waals surface area contributed by atoms with Crippen LogP contribution >= 0.6 is 0 Å². The minimum Gasteiger partial charge on any atom is -0.363 e. The second kappa shape index (κ2) is 10.3. The molecule has 0 aromatic carbocycles. The SMILES string of the molecule is NC1CCCCC(NC(=O)[B]C2CCCCCCC2)CCC1. The summed E-state index contributed by atoms with van der Waals surface area (Å²) in [6, 6.07) is 0.735. The van der Waals surface area contributed by atoms with Crippen molar-refractivity contribution in [3.63, 3.8) is 0 Å². The van der Waals surface area contributed by atoms with E-state index in [1.807, 2.05) is 7.28 Å². The Kier molecular flexibility index (Phi) is 8.36. The molecule has 2 aliphatic rings. The van der Waals surface area contributed by atoms with Gasteiger partial charge in [0, 0.05) is 12.1 Å². The molecule has 125 valence electrons. The van der Waals surface area contributed by atoms with Gasteiger partial charge in [-0.3, -0.25) is 4.79 Å². The van der Waals surface area contributed by atoms with E-state index in [2.05, 4.69) is 5.32 Å². The molecule has 1 radical (unpaired) electrons. The number of carbonyl (C=O) groups excluding carboxylic acids is 1. The summed E-state index contributed by atoms with van der Waals surface area (Å²) in [5.74, 6) is 0.684. The molecule has 0 bridgehead atoms. The number of hydrogen-bond acceptors (Lipinski definition) is 2. The van der Waals surface area contributed by atoms with Crippen molar-refractivity contribution in [3.05, 3.63) is 0 Å². The van der Waals surface area contributed by atoms with Crippen molar-refractivity contribution in [2.24, 2.45) is 5.73 Å². The van der Waals surface area contributed by atoms with Crippen LogP contribution in [0.25, 0.3) is 0 Å². The number of nitrogens with two attached hydrogens (primary N) is 1.